The summed E-state index contributed by atoms with van der Waals surface area (Å²) in [6, 6.07) is 16.8. The number of carbonyl (C=O) groups is 1. The number of nitrogens with one attached hydrogen (secondary N) is 1. The first-order chi connectivity index (χ1) is 16.1. The predicted molar refractivity (Wildman–Crippen MR) is 128 cm³/mol. The van der Waals surface area contributed by atoms with Gasteiger partial charge in [-0.1, -0.05) is 18.2 Å². The van der Waals surface area contributed by atoms with Crippen molar-refractivity contribution in [2.24, 2.45) is 0 Å². The first-order valence-corrected chi connectivity index (χ1v) is 11.6. The molecule has 1 amide bonds. The third kappa shape index (κ3) is 4.27. The lowest BCUT2D eigenvalue weighted by atomic mass is 10.0. The first-order valence-electron chi connectivity index (χ1n) is 11.6. The smallest absolute Gasteiger partial charge is 0.223 e. The minimum absolute atomic E-state index is 0.140. The number of likely N-dealkylation sites (tertiary alicyclic amines) is 1. The number of fused-ring (bicyclic) bond motifs is 3. The van der Waals surface area contributed by atoms with Crippen LogP contribution in [-0.4, -0.2) is 52.5 Å². The molecule has 5 rings (SSSR count). The molecule has 2 saturated heterocycles. The van der Waals surface area contributed by atoms with Crippen molar-refractivity contribution in [3.63, 3.8) is 0 Å². The summed E-state index contributed by atoms with van der Waals surface area (Å²) in [6.07, 6.45) is 6.07. The number of rotatable bonds is 6. The summed E-state index contributed by atoms with van der Waals surface area (Å²) < 4.78 is 0. The number of pyridine rings is 2. The van der Waals surface area contributed by atoms with E-state index < -0.39 is 0 Å². The molecular weight excluding hydrogens is 412 g/mol. The van der Waals surface area contributed by atoms with E-state index in [-0.39, 0.29) is 11.9 Å². The van der Waals surface area contributed by atoms with Crippen molar-refractivity contribution in [3.05, 3.63) is 66.0 Å². The van der Waals surface area contributed by atoms with Crippen molar-refractivity contribution >= 4 is 22.6 Å². The largest absolute Gasteiger partial charge is 0.347 e. The number of amides is 1. The maximum absolute atomic E-state index is 13.0. The van der Waals surface area contributed by atoms with Crippen LogP contribution in [0, 0.1) is 11.3 Å². The summed E-state index contributed by atoms with van der Waals surface area (Å²) in [5.41, 5.74) is 2.76. The van der Waals surface area contributed by atoms with Crippen molar-refractivity contribution in [3.8, 4) is 6.07 Å². The normalized spacial score (nSPS) is 20.6. The van der Waals surface area contributed by atoms with E-state index in [1.54, 1.807) is 6.20 Å². The van der Waals surface area contributed by atoms with E-state index in [0.717, 1.165) is 42.7 Å². The van der Waals surface area contributed by atoms with E-state index in [9.17, 15) is 4.79 Å². The molecule has 3 aromatic rings. The number of benzene rings is 1. The second-order valence-corrected chi connectivity index (χ2v) is 8.95. The van der Waals surface area contributed by atoms with Gasteiger partial charge in [0.15, 0.2) is 0 Å². The molecule has 7 heteroatoms. The Morgan fingerprint density at radius 1 is 1.15 bits per heavy atom. The van der Waals surface area contributed by atoms with Crippen LogP contribution in [0.2, 0.25) is 0 Å². The minimum atomic E-state index is 0.140. The van der Waals surface area contributed by atoms with Gasteiger partial charge in [0.25, 0.3) is 0 Å². The molecule has 0 radical (unpaired) electrons. The second-order valence-electron chi connectivity index (χ2n) is 8.95. The third-order valence-corrected chi connectivity index (χ3v) is 6.91. The molecule has 0 aliphatic carbocycles. The van der Waals surface area contributed by atoms with Gasteiger partial charge in [-0.25, -0.2) is 4.98 Å². The number of piperazine rings is 1. The molecule has 2 bridgehead atoms. The summed E-state index contributed by atoms with van der Waals surface area (Å²) in [7, 11) is 0. The fraction of sp³-hybridized carbons (Fsp3) is 0.385. The van der Waals surface area contributed by atoms with Gasteiger partial charge >= 0.3 is 0 Å². The predicted octanol–water partition coefficient (Wildman–Crippen LogP) is 3.42. The fourth-order valence-corrected chi connectivity index (χ4v) is 5.25. The molecule has 168 valence electrons. The lowest BCUT2D eigenvalue weighted by Crippen LogP contribution is -2.56. The van der Waals surface area contributed by atoms with Gasteiger partial charge in [-0.15, -0.1) is 0 Å². The van der Waals surface area contributed by atoms with E-state index >= 15 is 0 Å². The summed E-state index contributed by atoms with van der Waals surface area (Å²) >= 11 is 0. The van der Waals surface area contributed by atoms with Crippen LogP contribution in [0.1, 0.15) is 43.4 Å². The lowest BCUT2D eigenvalue weighted by molar-refractivity contribution is -0.132. The van der Waals surface area contributed by atoms with E-state index in [4.69, 9.17) is 5.26 Å². The zero-order valence-electron chi connectivity index (χ0n) is 18.8. The van der Waals surface area contributed by atoms with Crippen LogP contribution in [0.25, 0.3) is 10.9 Å². The second kappa shape index (κ2) is 9.16. The summed E-state index contributed by atoms with van der Waals surface area (Å²) in [5.74, 6) is 1.12. The molecule has 3 atom stereocenters. The molecule has 2 aliphatic heterocycles. The Morgan fingerprint density at radius 3 is 2.70 bits per heavy atom. The van der Waals surface area contributed by atoms with Crippen molar-refractivity contribution in [2.75, 3.05) is 24.5 Å². The molecule has 1 N–H and O–H groups in total. The van der Waals surface area contributed by atoms with E-state index in [0.29, 0.717) is 30.6 Å². The number of hydrogen-bond donors (Lipinski definition) is 1. The summed E-state index contributed by atoms with van der Waals surface area (Å²) in [5, 5.41) is 13.7. The summed E-state index contributed by atoms with van der Waals surface area (Å²) in [4.78, 5) is 26.3. The van der Waals surface area contributed by atoms with Crippen LogP contribution >= 0.6 is 0 Å². The number of anilines is 1. The van der Waals surface area contributed by atoms with Gasteiger partial charge in [-0.2, -0.15) is 5.26 Å². The molecule has 1 aromatic carbocycles. The highest BCUT2D eigenvalue weighted by Gasteiger charge is 2.41. The Morgan fingerprint density at radius 2 is 1.97 bits per heavy atom. The highest BCUT2D eigenvalue weighted by atomic mass is 16.2. The Bertz CT molecular complexity index is 1170. The van der Waals surface area contributed by atoms with Gasteiger partial charge in [-0.3, -0.25) is 9.78 Å². The van der Waals surface area contributed by atoms with Crippen molar-refractivity contribution in [2.45, 2.75) is 44.3 Å². The van der Waals surface area contributed by atoms with E-state index in [1.165, 1.54) is 5.56 Å². The maximum atomic E-state index is 13.0. The monoisotopic (exact) mass is 440 g/mol. The number of aromatic nitrogens is 2. The van der Waals surface area contributed by atoms with Crippen LogP contribution in [0.15, 0.2) is 54.9 Å². The van der Waals surface area contributed by atoms with Gasteiger partial charge in [-0.05, 0) is 49.6 Å². The molecule has 2 fully saturated rings. The van der Waals surface area contributed by atoms with Crippen LogP contribution in [0.3, 0.4) is 0 Å². The standard InChI is InChI=1S/C26H28N6O/c1-18(22-4-2-6-24-23(22)5-3-12-29-24)28-13-11-26(33)31-16-20-8-9-21(17-31)32(20)25-10-7-19(14-27)15-30-25/h2-7,10,12,15,18,20-21,28H,8-9,11,13,16-17H2,1H3/t18?,20-,21?/m0/s1. The number of nitriles is 1. The van der Waals surface area contributed by atoms with Gasteiger partial charge < -0.3 is 15.1 Å². The molecule has 4 heterocycles. The van der Waals surface area contributed by atoms with Crippen LogP contribution in [0.5, 0.6) is 0 Å². The first kappa shape index (κ1) is 21.4. The molecular formula is C26H28N6O. The highest BCUT2D eigenvalue weighted by molar-refractivity contribution is 5.82. The van der Waals surface area contributed by atoms with Crippen LogP contribution in [0.4, 0.5) is 5.82 Å². The summed E-state index contributed by atoms with van der Waals surface area (Å²) in [6.45, 7) is 4.25. The molecule has 2 aromatic heterocycles. The fourth-order valence-electron chi connectivity index (χ4n) is 5.25. The lowest BCUT2D eigenvalue weighted by Gasteiger charge is -2.42. The van der Waals surface area contributed by atoms with Gasteiger partial charge in [0.05, 0.1) is 11.1 Å². The molecule has 2 unspecified atom stereocenters. The zero-order valence-corrected chi connectivity index (χ0v) is 18.8. The Balaban J connectivity index is 1.16. The molecule has 7 nitrogen and oxygen atoms in total. The number of carbonyl (C=O) groups excluding carboxylic acids is 1. The van der Waals surface area contributed by atoms with E-state index in [2.05, 4.69) is 45.3 Å². The van der Waals surface area contributed by atoms with Gasteiger partial charge in [0.2, 0.25) is 5.91 Å². The molecule has 33 heavy (non-hydrogen) atoms. The molecule has 2 aliphatic rings. The minimum Gasteiger partial charge on any atom is -0.347 e. The van der Waals surface area contributed by atoms with Crippen molar-refractivity contribution < 1.29 is 4.79 Å². The number of hydrogen-bond acceptors (Lipinski definition) is 6. The average molecular weight is 441 g/mol. The number of nitrogens with zero attached hydrogens (tertiary/aromatic N) is 5. The van der Waals surface area contributed by atoms with Crippen molar-refractivity contribution in [1.29, 1.82) is 5.26 Å². The molecule has 0 spiro atoms. The van der Waals surface area contributed by atoms with Crippen LogP contribution in [-0.2, 0) is 4.79 Å². The van der Waals surface area contributed by atoms with Crippen molar-refractivity contribution in [1.82, 2.24) is 20.2 Å². The zero-order chi connectivity index (χ0) is 22.8. The average Bonchev–Trinajstić information content (AvgIpc) is 3.12. The van der Waals surface area contributed by atoms with Gasteiger partial charge in [0.1, 0.15) is 11.9 Å². The Labute approximate surface area is 194 Å². The quantitative estimate of drug-likeness (QED) is 0.632. The maximum Gasteiger partial charge on any atom is 0.223 e. The van der Waals surface area contributed by atoms with E-state index in [1.807, 2.05) is 41.4 Å². The van der Waals surface area contributed by atoms with Gasteiger partial charge in [0, 0.05) is 62.0 Å². The SMILES string of the molecule is CC(NCCC(=O)N1CC2CC[C@@H](C1)N2c1ccc(C#N)cn1)c1cccc2ncccc12. The molecule has 0 saturated carbocycles. The Hall–Kier alpha value is -3.50. The topological polar surface area (TPSA) is 85.2 Å². The Kier molecular flexibility index (Phi) is 5.93. The van der Waals surface area contributed by atoms with Crippen LogP contribution < -0.4 is 10.2 Å². The highest BCUT2D eigenvalue weighted by Crippen LogP contribution is 2.34. The third-order valence-electron chi connectivity index (χ3n) is 6.91.